The first-order valence-electron chi connectivity index (χ1n) is 14.1. The second-order valence-corrected chi connectivity index (χ2v) is 13.8. The molecule has 7 nitrogen and oxygen atoms in total. The van der Waals surface area contributed by atoms with E-state index in [2.05, 4.69) is 67.7 Å². The third-order valence-electron chi connectivity index (χ3n) is 8.76. The molecule has 1 aliphatic carbocycles. The number of alkyl halides is 1. The van der Waals surface area contributed by atoms with Gasteiger partial charge in [-0.25, -0.2) is 9.37 Å². The Kier molecular flexibility index (Phi) is 7.65. The van der Waals surface area contributed by atoms with E-state index in [-0.39, 0.29) is 28.7 Å². The Morgan fingerprint density at radius 1 is 1.25 bits per heavy atom. The molecule has 1 saturated carbocycles. The number of thiophene rings is 1. The fourth-order valence-electron chi connectivity index (χ4n) is 5.85. The third-order valence-corrected chi connectivity index (χ3v) is 10.00. The minimum Gasteiger partial charge on any atom is -0.339 e. The maximum atomic E-state index is 13.8. The molecule has 1 spiro atoms. The summed E-state index contributed by atoms with van der Waals surface area (Å²) in [4.78, 5) is 33.1. The molecule has 9 heteroatoms. The zero-order valence-corrected chi connectivity index (χ0v) is 24.9. The van der Waals surface area contributed by atoms with Crippen molar-refractivity contribution in [3.05, 3.63) is 58.3 Å². The standard InChI is InChI=1S/C31H40FN5O2S/c1-7-27(38)36-13-12-31(18-36)15-22(16-31)37-24-9-8-21(17-33-20(3)30(4,5)6)14-23(24)34-29(37)35-28(39)26-11-10-25(40-26)19(2)32/h7-11,14,19-20,22,33H,1,12-13,15-18H2,2-6H3,(H,34,35,39)/t19?,20-,22?,31?/m0/s1. The molecule has 1 aliphatic heterocycles. The van der Waals surface area contributed by atoms with Crippen LogP contribution in [0.2, 0.25) is 0 Å². The van der Waals surface area contributed by atoms with Gasteiger partial charge in [-0.05, 0) is 79.8 Å². The Hall–Kier alpha value is -3.04. The SMILES string of the molecule is C=CC(=O)N1CCC2(CC(n3c(NC(=O)c4ccc(C(C)F)s4)nc4cc(CN[C@@H](C)C(C)(C)C)ccc43)C2)C1. The van der Waals surface area contributed by atoms with E-state index in [1.807, 2.05) is 4.90 Å². The summed E-state index contributed by atoms with van der Waals surface area (Å²) in [6.45, 7) is 16.2. The molecule has 40 heavy (non-hydrogen) atoms. The molecule has 2 aliphatic rings. The van der Waals surface area contributed by atoms with E-state index in [0.717, 1.165) is 55.5 Å². The van der Waals surface area contributed by atoms with Crippen LogP contribution in [0, 0.1) is 10.8 Å². The molecule has 0 bridgehead atoms. The molecule has 2 amide bonds. The van der Waals surface area contributed by atoms with Crippen molar-refractivity contribution < 1.29 is 14.0 Å². The number of amides is 2. The minimum absolute atomic E-state index is 0.0128. The van der Waals surface area contributed by atoms with Gasteiger partial charge in [0, 0.05) is 36.6 Å². The summed E-state index contributed by atoms with van der Waals surface area (Å²) in [5.74, 6) is 0.210. The Morgan fingerprint density at radius 3 is 2.65 bits per heavy atom. The maximum Gasteiger partial charge on any atom is 0.268 e. The molecule has 2 atom stereocenters. The molecule has 2 N–H and O–H groups in total. The first-order chi connectivity index (χ1) is 18.9. The predicted octanol–water partition coefficient (Wildman–Crippen LogP) is 6.64. The number of carbonyl (C=O) groups is 2. The largest absolute Gasteiger partial charge is 0.339 e. The van der Waals surface area contributed by atoms with Crippen molar-refractivity contribution in [1.82, 2.24) is 19.8 Å². The number of halogens is 1. The van der Waals surface area contributed by atoms with Crippen LogP contribution in [0.1, 0.15) is 86.2 Å². The number of rotatable bonds is 8. The lowest BCUT2D eigenvalue weighted by atomic mass is 9.64. The molecule has 1 aromatic carbocycles. The van der Waals surface area contributed by atoms with Crippen LogP contribution >= 0.6 is 11.3 Å². The lowest BCUT2D eigenvalue weighted by Gasteiger charge is -2.46. The van der Waals surface area contributed by atoms with E-state index >= 15 is 0 Å². The van der Waals surface area contributed by atoms with Crippen molar-refractivity contribution >= 4 is 40.1 Å². The van der Waals surface area contributed by atoms with Gasteiger partial charge in [-0.3, -0.25) is 14.9 Å². The van der Waals surface area contributed by atoms with Crippen molar-refractivity contribution in [3.63, 3.8) is 0 Å². The molecule has 3 heterocycles. The number of benzene rings is 1. The summed E-state index contributed by atoms with van der Waals surface area (Å²) in [5.41, 5.74) is 3.18. The van der Waals surface area contributed by atoms with Gasteiger partial charge < -0.3 is 14.8 Å². The number of hydrogen-bond acceptors (Lipinski definition) is 5. The summed E-state index contributed by atoms with van der Waals surface area (Å²) in [7, 11) is 0. The summed E-state index contributed by atoms with van der Waals surface area (Å²) >= 11 is 1.17. The quantitative estimate of drug-likeness (QED) is 0.300. The average molecular weight is 566 g/mol. The number of likely N-dealkylation sites (tertiary alicyclic amines) is 1. The van der Waals surface area contributed by atoms with Gasteiger partial charge in [-0.1, -0.05) is 33.4 Å². The molecule has 0 radical (unpaired) electrons. The lowest BCUT2D eigenvalue weighted by molar-refractivity contribution is -0.125. The molecule has 1 saturated heterocycles. The molecule has 3 aromatic rings. The van der Waals surface area contributed by atoms with E-state index in [1.54, 1.807) is 12.1 Å². The molecular formula is C31H40FN5O2S. The minimum atomic E-state index is -1.12. The second-order valence-electron chi connectivity index (χ2n) is 12.6. The number of hydrogen-bond donors (Lipinski definition) is 2. The van der Waals surface area contributed by atoms with Crippen molar-refractivity contribution in [2.75, 3.05) is 18.4 Å². The Balaban J connectivity index is 1.41. The first kappa shape index (κ1) is 28.5. The van der Waals surface area contributed by atoms with E-state index in [1.165, 1.54) is 24.3 Å². The highest BCUT2D eigenvalue weighted by atomic mass is 32.1. The van der Waals surface area contributed by atoms with Crippen molar-refractivity contribution in [3.8, 4) is 0 Å². The van der Waals surface area contributed by atoms with Crippen LogP contribution in [0.5, 0.6) is 0 Å². The van der Waals surface area contributed by atoms with Gasteiger partial charge in [0.2, 0.25) is 11.9 Å². The highest BCUT2D eigenvalue weighted by Crippen LogP contribution is 2.55. The normalized spacial score (nSPS) is 22.4. The van der Waals surface area contributed by atoms with Gasteiger partial charge in [0.05, 0.1) is 15.9 Å². The number of fused-ring (bicyclic) bond motifs is 1. The summed E-state index contributed by atoms with van der Waals surface area (Å²) in [6, 6.07) is 10.1. The van der Waals surface area contributed by atoms with Gasteiger partial charge in [0.15, 0.2) is 0 Å². The molecule has 1 unspecified atom stereocenters. The average Bonchev–Trinajstić information content (AvgIpc) is 3.62. The first-order valence-corrected chi connectivity index (χ1v) is 14.9. The van der Waals surface area contributed by atoms with Crippen LogP contribution in [0.4, 0.5) is 10.3 Å². The van der Waals surface area contributed by atoms with Gasteiger partial charge in [0.25, 0.3) is 5.91 Å². The van der Waals surface area contributed by atoms with E-state index in [4.69, 9.17) is 4.98 Å². The highest BCUT2D eigenvalue weighted by Gasteiger charge is 2.50. The van der Waals surface area contributed by atoms with Crippen LogP contribution in [-0.2, 0) is 11.3 Å². The smallest absolute Gasteiger partial charge is 0.268 e. The molecule has 214 valence electrons. The summed E-state index contributed by atoms with van der Waals surface area (Å²) in [6.07, 6.45) is 3.07. The number of imidazole rings is 1. The molecule has 2 aromatic heterocycles. The van der Waals surface area contributed by atoms with E-state index < -0.39 is 6.17 Å². The van der Waals surface area contributed by atoms with E-state index in [9.17, 15) is 14.0 Å². The number of carbonyl (C=O) groups excluding carboxylic acids is 2. The second kappa shape index (κ2) is 10.7. The molecule has 2 fully saturated rings. The number of nitrogens with zero attached hydrogens (tertiary/aromatic N) is 3. The van der Waals surface area contributed by atoms with Crippen LogP contribution in [0.3, 0.4) is 0 Å². The van der Waals surface area contributed by atoms with Gasteiger partial charge >= 0.3 is 0 Å². The molecule has 5 rings (SSSR count). The maximum absolute atomic E-state index is 13.8. The lowest BCUT2D eigenvalue weighted by Crippen LogP contribution is -2.42. The van der Waals surface area contributed by atoms with Gasteiger partial charge in [-0.2, -0.15) is 0 Å². The zero-order chi connectivity index (χ0) is 28.8. The van der Waals surface area contributed by atoms with Crippen molar-refractivity contribution in [1.29, 1.82) is 0 Å². The zero-order valence-electron chi connectivity index (χ0n) is 24.1. The fourth-order valence-corrected chi connectivity index (χ4v) is 6.68. The fraction of sp³-hybridized carbons (Fsp3) is 0.516. The van der Waals surface area contributed by atoms with Crippen LogP contribution < -0.4 is 10.6 Å². The van der Waals surface area contributed by atoms with Crippen molar-refractivity contribution in [2.24, 2.45) is 10.8 Å². The van der Waals surface area contributed by atoms with E-state index in [0.29, 0.717) is 21.7 Å². The Morgan fingerprint density at radius 2 is 2.00 bits per heavy atom. The topological polar surface area (TPSA) is 79.3 Å². The monoisotopic (exact) mass is 565 g/mol. The third kappa shape index (κ3) is 5.59. The van der Waals surface area contributed by atoms with Gasteiger partial charge in [-0.15, -0.1) is 11.3 Å². The highest BCUT2D eigenvalue weighted by molar-refractivity contribution is 7.14. The molecular weight excluding hydrogens is 525 g/mol. The van der Waals surface area contributed by atoms with Crippen LogP contribution in [-0.4, -0.2) is 45.4 Å². The summed E-state index contributed by atoms with van der Waals surface area (Å²) in [5, 5.41) is 6.64. The Bertz CT molecular complexity index is 1430. The van der Waals surface area contributed by atoms with Crippen LogP contribution in [0.15, 0.2) is 43.0 Å². The number of nitrogens with one attached hydrogen (secondary N) is 2. The number of anilines is 1. The Labute approximate surface area is 239 Å². The predicted molar refractivity (Wildman–Crippen MR) is 159 cm³/mol. The number of aromatic nitrogens is 2. The summed E-state index contributed by atoms with van der Waals surface area (Å²) < 4.78 is 15.9. The van der Waals surface area contributed by atoms with Crippen molar-refractivity contribution in [2.45, 2.75) is 78.7 Å². The van der Waals surface area contributed by atoms with Gasteiger partial charge in [0.1, 0.15) is 6.17 Å². The van der Waals surface area contributed by atoms with Crippen LogP contribution in [0.25, 0.3) is 11.0 Å².